The van der Waals surface area contributed by atoms with Crippen LogP contribution in [-0.4, -0.2) is 73.8 Å². The summed E-state index contributed by atoms with van der Waals surface area (Å²) >= 11 is 0. The van der Waals surface area contributed by atoms with Gasteiger partial charge in [0, 0.05) is 25.6 Å². The largest absolute Gasteiger partial charge is 0.473 e. The number of nitriles is 1. The summed E-state index contributed by atoms with van der Waals surface area (Å²) in [6.07, 6.45) is 4.75. The van der Waals surface area contributed by atoms with Crippen LogP contribution in [0.1, 0.15) is 62.4 Å². The monoisotopic (exact) mass is 581 g/mol. The maximum Gasteiger partial charge on any atom is 0.270 e. The molecule has 0 radical (unpaired) electrons. The van der Waals surface area contributed by atoms with E-state index in [4.69, 9.17) is 4.74 Å². The van der Waals surface area contributed by atoms with Crippen molar-refractivity contribution in [2.75, 3.05) is 18.9 Å². The van der Waals surface area contributed by atoms with Gasteiger partial charge in [0.15, 0.2) is 11.6 Å². The number of likely N-dealkylation sites (N-methyl/N-ethyl adjacent to an activating group) is 1. The molecule has 2 saturated carbocycles. The molecule has 222 valence electrons. The fourth-order valence-electron chi connectivity index (χ4n) is 6.06. The molecule has 4 aliphatic rings. The van der Waals surface area contributed by atoms with E-state index in [0.717, 1.165) is 43.1 Å². The summed E-state index contributed by atoms with van der Waals surface area (Å²) in [7, 11) is 1.60. The molecule has 1 spiro atoms. The summed E-state index contributed by atoms with van der Waals surface area (Å²) < 4.78 is 35.8. The molecule has 13 heteroatoms. The van der Waals surface area contributed by atoms with Crippen LogP contribution in [0, 0.1) is 48.6 Å². The minimum Gasteiger partial charge on any atom is -0.473 e. The maximum absolute atomic E-state index is 14.3. The highest BCUT2D eigenvalue weighted by molar-refractivity contribution is 6.02. The number of rotatable bonds is 8. The third-order valence-corrected chi connectivity index (χ3v) is 9.08. The number of aromatic nitrogens is 3. The van der Waals surface area contributed by atoms with Crippen molar-refractivity contribution in [1.29, 1.82) is 5.26 Å². The van der Waals surface area contributed by atoms with Gasteiger partial charge in [0.25, 0.3) is 5.91 Å². The molecule has 3 fully saturated rings. The number of amides is 3. The normalized spacial score (nSPS) is 24.4. The zero-order valence-electron chi connectivity index (χ0n) is 23.8. The van der Waals surface area contributed by atoms with E-state index in [-0.39, 0.29) is 36.2 Å². The molecule has 0 unspecified atom stereocenters. The molecule has 1 aromatic heterocycles. The van der Waals surface area contributed by atoms with Gasteiger partial charge in [-0.25, -0.2) is 13.5 Å². The van der Waals surface area contributed by atoms with Crippen molar-refractivity contribution in [2.45, 2.75) is 82.5 Å². The Morgan fingerprint density at radius 3 is 2.52 bits per heavy atom. The number of ether oxygens (including phenoxy) is 1. The number of carbonyl (C=O) groups is 3. The van der Waals surface area contributed by atoms with E-state index in [2.05, 4.69) is 21.7 Å². The molecule has 3 heterocycles. The standard InChI is InChI=1S/C29H33F2N7O4/c1-15-16(2)38(35-34-15)23(9-18-6-7-18)26(39)36(3)22(8-17-4-5-17)27(40)37-14-29(12-20(37)13-32)28(41)33-25-21(31)10-19(30)11-24(25)42-29/h10-11,17-18,20,22-23H,4-9,12,14H2,1-3H3,(H,33,41)/t20-,22-,23-,29+/m0/s1. The van der Waals surface area contributed by atoms with Gasteiger partial charge in [-0.2, -0.15) is 5.26 Å². The number of hydrogen-bond donors (Lipinski definition) is 1. The number of fused-ring (bicyclic) bond motifs is 1. The van der Waals surface area contributed by atoms with E-state index in [0.29, 0.717) is 24.8 Å². The second-order valence-electron chi connectivity index (χ2n) is 12.2. The smallest absolute Gasteiger partial charge is 0.270 e. The lowest BCUT2D eigenvalue weighted by Gasteiger charge is -2.36. The highest BCUT2D eigenvalue weighted by Crippen LogP contribution is 2.43. The van der Waals surface area contributed by atoms with Crippen LogP contribution in [0.5, 0.6) is 5.75 Å². The predicted octanol–water partition coefficient (Wildman–Crippen LogP) is 3.04. The molecule has 0 bridgehead atoms. The topological polar surface area (TPSA) is 133 Å². The van der Waals surface area contributed by atoms with Gasteiger partial charge < -0.3 is 19.9 Å². The third-order valence-electron chi connectivity index (χ3n) is 9.08. The van der Waals surface area contributed by atoms with Crippen LogP contribution in [0.2, 0.25) is 0 Å². The van der Waals surface area contributed by atoms with Gasteiger partial charge in [-0.15, -0.1) is 5.10 Å². The van der Waals surface area contributed by atoms with E-state index in [9.17, 15) is 28.4 Å². The summed E-state index contributed by atoms with van der Waals surface area (Å²) in [5.74, 6) is -2.87. The van der Waals surface area contributed by atoms with Crippen molar-refractivity contribution in [3.8, 4) is 11.8 Å². The Labute approximate surface area is 241 Å². The lowest BCUT2D eigenvalue weighted by molar-refractivity contribution is -0.148. The van der Waals surface area contributed by atoms with Crippen molar-refractivity contribution in [1.82, 2.24) is 24.8 Å². The molecule has 4 atom stereocenters. The number of hydrogen-bond acceptors (Lipinski definition) is 7. The van der Waals surface area contributed by atoms with Crippen LogP contribution < -0.4 is 10.1 Å². The molecular formula is C29H33F2N7O4. The number of halogens is 2. The fraction of sp³-hybridized carbons (Fsp3) is 0.586. The average Bonchev–Trinajstić information content (AvgIpc) is 3.89. The first-order valence-corrected chi connectivity index (χ1v) is 14.4. The second kappa shape index (κ2) is 10.3. The van der Waals surface area contributed by atoms with Gasteiger partial charge in [0.2, 0.25) is 17.4 Å². The van der Waals surface area contributed by atoms with Crippen LogP contribution >= 0.6 is 0 Å². The lowest BCUT2D eigenvalue weighted by atomic mass is 9.97. The minimum absolute atomic E-state index is 0.186. The van der Waals surface area contributed by atoms with Crippen LogP contribution in [0.25, 0.3) is 0 Å². The van der Waals surface area contributed by atoms with Gasteiger partial charge in [0.05, 0.1) is 24.0 Å². The fourth-order valence-corrected chi connectivity index (χ4v) is 6.06. The summed E-state index contributed by atoms with van der Waals surface area (Å²) in [6.45, 7) is 3.39. The number of anilines is 1. The molecule has 42 heavy (non-hydrogen) atoms. The minimum atomic E-state index is -1.71. The Balaban J connectivity index is 1.28. The van der Waals surface area contributed by atoms with Crippen molar-refractivity contribution in [3.63, 3.8) is 0 Å². The number of aryl methyl sites for hydroxylation is 1. The molecular weight excluding hydrogens is 548 g/mol. The highest BCUT2D eigenvalue weighted by atomic mass is 19.1. The van der Waals surface area contributed by atoms with Gasteiger partial charge in [-0.05, 0) is 38.5 Å². The molecule has 3 amide bonds. The summed E-state index contributed by atoms with van der Waals surface area (Å²) in [6, 6.07) is 1.14. The molecule has 2 aliphatic heterocycles. The number of likely N-dealkylation sites (tertiary alicyclic amines) is 1. The number of nitrogens with zero attached hydrogens (tertiary/aromatic N) is 6. The van der Waals surface area contributed by atoms with E-state index in [1.165, 1.54) is 9.80 Å². The number of nitrogens with one attached hydrogen (secondary N) is 1. The van der Waals surface area contributed by atoms with Crippen LogP contribution in [-0.2, 0) is 14.4 Å². The lowest BCUT2D eigenvalue weighted by Crippen LogP contribution is -2.56. The third kappa shape index (κ3) is 4.97. The Morgan fingerprint density at radius 1 is 1.21 bits per heavy atom. The van der Waals surface area contributed by atoms with Gasteiger partial charge in [0.1, 0.15) is 29.6 Å². The predicted molar refractivity (Wildman–Crippen MR) is 144 cm³/mol. The molecule has 1 N–H and O–H groups in total. The molecule has 1 aromatic carbocycles. The van der Waals surface area contributed by atoms with Gasteiger partial charge in [-0.3, -0.25) is 14.4 Å². The molecule has 2 aromatic rings. The van der Waals surface area contributed by atoms with Crippen LogP contribution in [0.3, 0.4) is 0 Å². The van der Waals surface area contributed by atoms with Crippen molar-refractivity contribution < 1.29 is 27.9 Å². The Kier molecular flexibility index (Phi) is 6.90. The Morgan fingerprint density at radius 2 is 1.90 bits per heavy atom. The Bertz CT molecular complexity index is 1500. The molecule has 1 saturated heterocycles. The number of benzene rings is 1. The van der Waals surface area contributed by atoms with Gasteiger partial charge in [-0.1, -0.05) is 30.9 Å². The van der Waals surface area contributed by atoms with E-state index in [1.54, 1.807) is 11.7 Å². The molecule has 2 aliphatic carbocycles. The SMILES string of the molecule is Cc1nnn([C@@H](CC2CC2)C(=O)N(C)[C@@H](CC2CC2)C(=O)N2C[C@@]3(C[C@H]2C#N)Oc2cc(F)cc(F)c2NC3=O)c1C. The quantitative estimate of drug-likeness (QED) is 0.507. The van der Waals surface area contributed by atoms with Crippen LogP contribution in [0.15, 0.2) is 12.1 Å². The zero-order chi connectivity index (χ0) is 29.9. The molecule has 6 rings (SSSR count). The van der Waals surface area contributed by atoms with E-state index in [1.807, 2.05) is 13.8 Å². The summed E-state index contributed by atoms with van der Waals surface area (Å²) in [4.78, 5) is 44.2. The Hall–Kier alpha value is -4.08. The van der Waals surface area contributed by atoms with E-state index < -0.39 is 47.2 Å². The van der Waals surface area contributed by atoms with E-state index >= 15 is 0 Å². The first-order valence-electron chi connectivity index (χ1n) is 14.4. The zero-order valence-corrected chi connectivity index (χ0v) is 23.8. The molecule has 11 nitrogen and oxygen atoms in total. The van der Waals surface area contributed by atoms with Crippen LogP contribution in [0.4, 0.5) is 14.5 Å². The van der Waals surface area contributed by atoms with Crippen molar-refractivity contribution >= 4 is 23.4 Å². The van der Waals surface area contributed by atoms with Crippen molar-refractivity contribution in [3.05, 3.63) is 35.2 Å². The second-order valence-corrected chi connectivity index (χ2v) is 12.2. The maximum atomic E-state index is 14.3. The van der Waals surface area contributed by atoms with Gasteiger partial charge >= 0.3 is 0 Å². The first-order chi connectivity index (χ1) is 20.0. The summed E-state index contributed by atoms with van der Waals surface area (Å²) in [5, 5.41) is 20.8. The highest BCUT2D eigenvalue weighted by Gasteiger charge is 2.57. The first kappa shape index (κ1) is 28.1. The number of carbonyl (C=O) groups excluding carboxylic acids is 3. The average molecular weight is 582 g/mol. The van der Waals surface area contributed by atoms with Crippen molar-refractivity contribution in [2.24, 2.45) is 11.8 Å². The summed E-state index contributed by atoms with van der Waals surface area (Å²) in [5.41, 5.74) is -0.488.